The van der Waals surface area contributed by atoms with Crippen LogP contribution in [0.1, 0.15) is 12.8 Å². The van der Waals surface area contributed by atoms with Crippen LogP contribution in [0, 0.1) is 0 Å². The van der Waals surface area contributed by atoms with Gasteiger partial charge in [0.2, 0.25) is 0 Å². The quantitative estimate of drug-likeness (QED) is 0.345. The highest BCUT2D eigenvalue weighted by Gasteiger charge is 2.63. The monoisotopic (exact) mass is 293 g/mol. The van der Waals surface area contributed by atoms with Gasteiger partial charge >= 0.3 is 20.3 Å². The zero-order chi connectivity index (χ0) is 12.6. The molecule has 96 valence electrons. The summed E-state index contributed by atoms with van der Waals surface area (Å²) in [5, 5.41) is 6.41. The first kappa shape index (κ1) is 14.7. The van der Waals surface area contributed by atoms with Crippen LogP contribution in [0.15, 0.2) is 0 Å². The maximum absolute atomic E-state index is 11.0. The number of rotatable bonds is 4. The van der Waals surface area contributed by atoms with Crippen molar-refractivity contribution in [2.24, 2.45) is 0 Å². The largest absolute Gasteiger partial charge is 0.374 e. The second-order valence-corrected chi connectivity index (χ2v) is 10.1. The molecule has 0 aliphatic carbocycles. The van der Waals surface area contributed by atoms with E-state index in [9.17, 15) is 14.2 Å². The van der Waals surface area contributed by atoms with Crippen molar-refractivity contribution in [3.8, 4) is 0 Å². The van der Waals surface area contributed by atoms with Gasteiger partial charge in [0.25, 0.3) is 0 Å². The Morgan fingerprint density at radius 3 is 1.69 bits per heavy atom. The molecule has 1 fully saturated rings. The summed E-state index contributed by atoms with van der Waals surface area (Å²) >= 11 is 0. The van der Waals surface area contributed by atoms with Gasteiger partial charge in [0.15, 0.2) is 5.75 Å². The molecule has 1 aliphatic rings. The topological polar surface area (TPSA) is 135 Å². The summed E-state index contributed by atoms with van der Waals surface area (Å²) in [5.41, 5.74) is 0. The van der Waals surface area contributed by atoms with Crippen molar-refractivity contribution >= 4 is 26.1 Å². The molecular formula is C6H15O7P2S+. The highest BCUT2D eigenvalue weighted by atomic mass is 32.2. The molecule has 1 heterocycles. The van der Waals surface area contributed by atoms with Crippen molar-refractivity contribution in [2.75, 3.05) is 17.3 Å². The molecule has 0 radical (unpaired) electrons. The van der Waals surface area contributed by atoms with Gasteiger partial charge in [-0.25, -0.2) is 0 Å². The van der Waals surface area contributed by atoms with Gasteiger partial charge in [-0.1, -0.05) is 0 Å². The average Bonchev–Trinajstić information content (AvgIpc) is 2.52. The van der Waals surface area contributed by atoms with Crippen molar-refractivity contribution in [3.05, 3.63) is 0 Å². The van der Waals surface area contributed by atoms with Crippen LogP contribution in [0.2, 0.25) is 0 Å². The van der Waals surface area contributed by atoms with Gasteiger partial charge in [-0.05, 0) is 23.7 Å². The van der Waals surface area contributed by atoms with Crippen molar-refractivity contribution < 1.29 is 33.8 Å². The summed E-state index contributed by atoms with van der Waals surface area (Å²) < 4.78 is 22.1. The molecule has 16 heavy (non-hydrogen) atoms. The Kier molecular flexibility index (Phi) is 4.31. The van der Waals surface area contributed by atoms with Gasteiger partial charge in [0.1, 0.15) is 11.5 Å². The predicted molar refractivity (Wildman–Crippen MR) is 60.2 cm³/mol. The fraction of sp³-hybridized carbons (Fsp3) is 1.00. The van der Waals surface area contributed by atoms with E-state index in [1.807, 2.05) is 0 Å². The van der Waals surface area contributed by atoms with E-state index in [1.165, 1.54) is 0 Å². The second-order valence-electron chi connectivity index (χ2n) is 3.73. The zero-order valence-corrected chi connectivity index (χ0v) is 11.0. The van der Waals surface area contributed by atoms with Crippen LogP contribution in [0.3, 0.4) is 0 Å². The first-order valence-electron chi connectivity index (χ1n) is 4.56. The molecule has 0 aromatic heterocycles. The summed E-state index contributed by atoms with van der Waals surface area (Å²) in [4.78, 5) is 35.6. The molecule has 0 unspecified atom stereocenters. The van der Waals surface area contributed by atoms with Crippen molar-refractivity contribution in [2.45, 2.75) is 17.9 Å². The first-order valence-corrected chi connectivity index (χ1v) is 9.51. The fourth-order valence-corrected chi connectivity index (χ4v) is 7.53. The molecule has 0 atom stereocenters. The Balaban J connectivity index is 2.96. The average molecular weight is 293 g/mol. The summed E-state index contributed by atoms with van der Waals surface area (Å²) in [6, 6.07) is 0. The van der Waals surface area contributed by atoms with Gasteiger partial charge in [-0.2, -0.15) is 0 Å². The molecule has 0 saturated carbocycles. The number of hydrogen-bond acceptors (Lipinski definition) is 3. The zero-order valence-electron chi connectivity index (χ0n) is 8.39. The number of aliphatic hydroxyl groups is 1. The molecule has 1 saturated heterocycles. The summed E-state index contributed by atoms with van der Waals surface area (Å²) in [7, 11) is -11.0. The van der Waals surface area contributed by atoms with Gasteiger partial charge in [-0.15, -0.1) is 0 Å². The smallest absolute Gasteiger partial charge is 0.364 e. The summed E-state index contributed by atoms with van der Waals surface area (Å²) in [5.74, 6) is 0.784. The molecule has 0 bridgehead atoms. The molecule has 0 aromatic rings. The number of hydrogen-bond donors (Lipinski definition) is 5. The SMILES string of the molecule is O=P(O)(O)C(O)(C[S+]1CCCC1)P(=O)(O)O. The minimum atomic E-state index is -5.26. The lowest BCUT2D eigenvalue weighted by Gasteiger charge is -2.27. The second kappa shape index (κ2) is 4.71. The van der Waals surface area contributed by atoms with Gasteiger partial charge in [0.05, 0.1) is 0 Å². The van der Waals surface area contributed by atoms with Crippen LogP contribution in [0.5, 0.6) is 0 Å². The molecule has 0 amide bonds. The third kappa shape index (κ3) is 2.89. The standard InChI is InChI=1S/C6H14O7P2S/c7-6(14(8,9)10,15(11,12)13)5-16-3-1-2-4-16/h7H,1-5H2,(H3-,8,9,10,11,12,13)/p+1. The van der Waals surface area contributed by atoms with Crippen molar-refractivity contribution in [3.63, 3.8) is 0 Å². The van der Waals surface area contributed by atoms with Crippen molar-refractivity contribution in [1.29, 1.82) is 0 Å². The third-order valence-electron chi connectivity index (χ3n) is 2.45. The molecule has 1 aliphatic heterocycles. The molecule has 7 nitrogen and oxygen atoms in total. The van der Waals surface area contributed by atoms with Gasteiger partial charge in [0, 0.05) is 0 Å². The molecule has 5 N–H and O–H groups in total. The van der Waals surface area contributed by atoms with Crippen LogP contribution < -0.4 is 0 Å². The maximum atomic E-state index is 11.0. The van der Waals surface area contributed by atoms with E-state index in [2.05, 4.69) is 0 Å². The Morgan fingerprint density at radius 2 is 1.38 bits per heavy atom. The Morgan fingerprint density at radius 1 is 1.00 bits per heavy atom. The lowest BCUT2D eigenvalue weighted by atomic mass is 10.4. The van der Waals surface area contributed by atoms with E-state index in [4.69, 9.17) is 19.6 Å². The highest BCUT2D eigenvalue weighted by molar-refractivity contribution is 7.98. The molecule has 0 aromatic carbocycles. The Bertz CT molecular complexity index is 319. The fourth-order valence-electron chi connectivity index (χ4n) is 1.47. The molecular weight excluding hydrogens is 278 g/mol. The van der Waals surface area contributed by atoms with E-state index in [1.54, 1.807) is 0 Å². The Hall–Kier alpha value is 0.610. The normalized spacial score (nSPS) is 20.3. The predicted octanol–water partition coefficient (Wildman–Crippen LogP) is -0.600. The van der Waals surface area contributed by atoms with Gasteiger partial charge in [-0.3, -0.25) is 9.13 Å². The van der Waals surface area contributed by atoms with Crippen molar-refractivity contribution in [1.82, 2.24) is 0 Å². The minimum absolute atomic E-state index is 0.524. The lowest BCUT2D eigenvalue weighted by Crippen LogP contribution is -2.37. The molecule has 10 heteroatoms. The lowest BCUT2D eigenvalue weighted by molar-refractivity contribution is 0.149. The highest BCUT2D eigenvalue weighted by Crippen LogP contribution is 2.67. The van der Waals surface area contributed by atoms with E-state index < -0.39 is 36.9 Å². The molecule has 0 spiro atoms. The van der Waals surface area contributed by atoms with E-state index in [-0.39, 0.29) is 0 Å². The van der Waals surface area contributed by atoms with Crippen LogP contribution in [0.4, 0.5) is 0 Å². The molecule has 1 rings (SSSR count). The third-order valence-corrected chi connectivity index (χ3v) is 9.18. The summed E-state index contributed by atoms with van der Waals surface area (Å²) in [6.07, 6.45) is 1.73. The van der Waals surface area contributed by atoms with Crippen LogP contribution in [-0.4, -0.2) is 47.0 Å². The minimum Gasteiger partial charge on any atom is -0.364 e. The van der Waals surface area contributed by atoms with E-state index in [0.29, 0.717) is 11.5 Å². The summed E-state index contributed by atoms with van der Waals surface area (Å²) in [6.45, 7) is 0. The van der Waals surface area contributed by atoms with E-state index >= 15 is 0 Å². The van der Waals surface area contributed by atoms with Crippen LogP contribution in [-0.2, 0) is 20.0 Å². The maximum Gasteiger partial charge on any atom is 0.374 e. The van der Waals surface area contributed by atoms with E-state index in [0.717, 1.165) is 12.8 Å². The first-order chi connectivity index (χ1) is 7.08. The van der Waals surface area contributed by atoms with Crippen LogP contribution in [0.25, 0.3) is 0 Å². The Labute approximate surface area is 95.5 Å². The van der Waals surface area contributed by atoms with Crippen LogP contribution >= 0.6 is 15.2 Å². The van der Waals surface area contributed by atoms with Gasteiger partial charge < -0.3 is 24.7 Å².